The number of likely N-dealkylation sites (tertiary alicyclic amines) is 2. The van der Waals surface area contributed by atoms with Crippen LogP contribution in [-0.4, -0.2) is 47.9 Å². The zero-order valence-corrected chi connectivity index (χ0v) is 9.20. The van der Waals surface area contributed by atoms with Crippen LogP contribution in [0.3, 0.4) is 0 Å². The van der Waals surface area contributed by atoms with Gasteiger partial charge in [0.1, 0.15) is 0 Å². The Bertz CT molecular complexity index is 229. The quantitative estimate of drug-likeness (QED) is 0.623. The van der Waals surface area contributed by atoms with Crippen molar-refractivity contribution >= 4 is 5.91 Å². The second kappa shape index (κ2) is 3.89. The van der Waals surface area contributed by atoms with E-state index in [1.807, 2.05) is 4.90 Å². The van der Waals surface area contributed by atoms with Crippen molar-refractivity contribution in [3.63, 3.8) is 0 Å². The molecule has 2 heterocycles. The molecule has 3 nitrogen and oxygen atoms in total. The van der Waals surface area contributed by atoms with Gasteiger partial charge in [-0.1, -0.05) is 6.92 Å². The molecule has 1 amide bonds. The van der Waals surface area contributed by atoms with Crippen molar-refractivity contribution in [2.45, 2.75) is 32.7 Å². The fourth-order valence-electron chi connectivity index (χ4n) is 2.92. The first-order valence-corrected chi connectivity index (χ1v) is 5.72. The molecule has 2 atom stereocenters. The third kappa shape index (κ3) is 1.65. The minimum atomic E-state index is 0.246. The third-order valence-electron chi connectivity index (χ3n) is 3.75. The van der Waals surface area contributed by atoms with Gasteiger partial charge in [0.2, 0.25) is 5.91 Å². The largest absolute Gasteiger partial charge is 0.341 e. The highest BCUT2D eigenvalue weighted by Gasteiger charge is 2.38. The second-order valence-corrected chi connectivity index (χ2v) is 4.52. The number of hydrogen-bond acceptors (Lipinski definition) is 2. The van der Waals surface area contributed by atoms with Crippen molar-refractivity contribution in [1.82, 2.24) is 9.80 Å². The van der Waals surface area contributed by atoms with Crippen LogP contribution in [0.15, 0.2) is 0 Å². The topological polar surface area (TPSA) is 23.6 Å². The maximum atomic E-state index is 11.3. The molecule has 0 aromatic carbocycles. The van der Waals surface area contributed by atoms with Gasteiger partial charge in [-0.25, -0.2) is 0 Å². The first kappa shape index (κ1) is 9.97. The molecule has 0 bridgehead atoms. The third-order valence-corrected chi connectivity index (χ3v) is 3.75. The molecule has 0 N–H and O–H groups in total. The number of carbonyl (C=O) groups is 1. The lowest BCUT2D eigenvalue weighted by Gasteiger charge is -2.35. The lowest BCUT2D eigenvalue weighted by molar-refractivity contribution is -0.128. The van der Waals surface area contributed by atoms with Crippen LogP contribution >= 0.6 is 0 Å². The molecular weight excluding hydrogens is 176 g/mol. The molecule has 0 aliphatic carbocycles. The van der Waals surface area contributed by atoms with Crippen molar-refractivity contribution in [2.75, 3.05) is 26.2 Å². The molecule has 0 aromatic heterocycles. The molecule has 2 fully saturated rings. The van der Waals surface area contributed by atoms with E-state index in [0.29, 0.717) is 6.04 Å². The SMILES string of the molecule is CCN1CCCC2CN(C(C)=O)CC21. The first-order valence-electron chi connectivity index (χ1n) is 5.72. The Morgan fingerprint density at radius 3 is 2.86 bits per heavy atom. The normalized spacial score (nSPS) is 33.1. The number of piperidine rings is 1. The van der Waals surface area contributed by atoms with E-state index >= 15 is 0 Å². The summed E-state index contributed by atoms with van der Waals surface area (Å²) < 4.78 is 0. The highest BCUT2D eigenvalue weighted by Crippen LogP contribution is 2.30. The Labute approximate surface area is 86.1 Å². The zero-order valence-electron chi connectivity index (χ0n) is 9.20. The van der Waals surface area contributed by atoms with Crippen molar-refractivity contribution in [1.29, 1.82) is 0 Å². The Hall–Kier alpha value is -0.570. The van der Waals surface area contributed by atoms with E-state index in [1.165, 1.54) is 19.4 Å². The molecule has 2 rings (SSSR count). The van der Waals surface area contributed by atoms with Crippen LogP contribution in [0, 0.1) is 5.92 Å². The van der Waals surface area contributed by atoms with Gasteiger partial charge in [0.25, 0.3) is 0 Å². The van der Waals surface area contributed by atoms with E-state index in [-0.39, 0.29) is 5.91 Å². The number of likely N-dealkylation sites (N-methyl/N-ethyl adjacent to an activating group) is 1. The van der Waals surface area contributed by atoms with Gasteiger partial charge in [-0.2, -0.15) is 0 Å². The van der Waals surface area contributed by atoms with Crippen LogP contribution in [0.4, 0.5) is 0 Å². The molecule has 14 heavy (non-hydrogen) atoms. The van der Waals surface area contributed by atoms with Crippen molar-refractivity contribution in [2.24, 2.45) is 5.92 Å². The van der Waals surface area contributed by atoms with Crippen molar-refractivity contribution in [3.05, 3.63) is 0 Å². The molecule has 2 aliphatic heterocycles. The summed E-state index contributed by atoms with van der Waals surface area (Å²) in [5, 5.41) is 0. The Morgan fingerprint density at radius 2 is 2.21 bits per heavy atom. The van der Waals surface area contributed by atoms with Gasteiger partial charge in [-0.05, 0) is 31.8 Å². The number of rotatable bonds is 1. The van der Waals surface area contributed by atoms with Gasteiger partial charge in [0, 0.05) is 26.1 Å². The fraction of sp³-hybridized carbons (Fsp3) is 0.909. The molecular formula is C11H20N2O. The molecule has 0 aromatic rings. The van der Waals surface area contributed by atoms with E-state index in [9.17, 15) is 4.79 Å². The van der Waals surface area contributed by atoms with Crippen LogP contribution in [-0.2, 0) is 4.79 Å². The summed E-state index contributed by atoms with van der Waals surface area (Å²) in [5.74, 6) is 0.989. The van der Waals surface area contributed by atoms with Gasteiger partial charge in [-0.15, -0.1) is 0 Å². The lowest BCUT2D eigenvalue weighted by Crippen LogP contribution is -2.44. The van der Waals surface area contributed by atoms with E-state index in [2.05, 4.69) is 11.8 Å². The van der Waals surface area contributed by atoms with Crippen LogP contribution in [0.2, 0.25) is 0 Å². The number of hydrogen-bond donors (Lipinski definition) is 0. The minimum absolute atomic E-state index is 0.246. The van der Waals surface area contributed by atoms with Gasteiger partial charge in [0.05, 0.1) is 0 Å². The summed E-state index contributed by atoms with van der Waals surface area (Å²) >= 11 is 0. The smallest absolute Gasteiger partial charge is 0.219 e. The predicted molar refractivity (Wildman–Crippen MR) is 56.0 cm³/mol. The Balaban J connectivity index is 2.03. The average Bonchev–Trinajstić information content (AvgIpc) is 2.60. The van der Waals surface area contributed by atoms with Crippen molar-refractivity contribution < 1.29 is 4.79 Å². The highest BCUT2D eigenvalue weighted by molar-refractivity contribution is 5.73. The molecule has 0 spiro atoms. The number of nitrogens with zero attached hydrogens (tertiary/aromatic N) is 2. The Kier molecular flexibility index (Phi) is 2.77. The molecule has 80 valence electrons. The van der Waals surface area contributed by atoms with E-state index < -0.39 is 0 Å². The van der Waals surface area contributed by atoms with E-state index in [1.54, 1.807) is 6.92 Å². The molecule has 0 radical (unpaired) electrons. The molecule has 0 saturated carbocycles. The van der Waals surface area contributed by atoms with Crippen LogP contribution in [0.1, 0.15) is 26.7 Å². The van der Waals surface area contributed by atoms with E-state index in [4.69, 9.17) is 0 Å². The molecule has 2 aliphatic rings. The predicted octanol–water partition coefficient (Wildman–Crippen LogP) is 0.949. The number of fused-ring (bicyclic) bond motifs is 1. The molecule has 2 unspecified atom stereocenters. The van der Waals surface area contributed by atoms with Gasteiger partial charge in [0.15, 0.2) is 0 Å². The van der Waals surface area contributed by atoms with Gasteiger partial charge in [-0.3, -0.25) is 9.69 Å². The maximum absolute atomic E-state index is 11.3. The van der Waals surface area contributed by atoms with Gasteiger partial charge >= 0.3 is 0 Å². The number of carbonyl (C=O) groups excluding carboxylic acids is 1. The number of amides is 1. The van der Waals surface area contributed by atoms with Crippen LogP contribution < -0.4 is 0 Å². The summed E-state index contributed by atoms with van der Waals surface area (Å²) in [6.45, 7) is 8.23. The monoisotopic (exact) mass is 196 g/mol. The summed E-state index contributed by atoms with van der Waals surface area (Å²) in [6.07, 6.45) is 2.62. The fourth-order valence-corrected chi connectivity index (χ4v) is 2.92. The second-order valence-electron chi connectivity index (χ2n) is 4.52. The summed E-state index contributed by atoms with van der Waals surface area (Å²) in [7, 11) is 0. The maximum Gasteiger partial charge on any atom is 0.219 e. The van der Waals surface area contributed by atoms with E-state index in [0.717, 1.165) is 25.6 Å². The minimum Gasteiger partial charge on any atom is -0.341 e. The Morgan fingerprint density at radius 1 is 1.43 bits per heavy atom. The summed E-state index contributed by atoms with van der Waals surface area (Å²) in [5.41, 5.74) is 0. The standard InChI is InChI=1S/C11H20N2O/c1-3-12-6-4-5-10-7-13(9(2)14)8-11(10)12/h10-11H,3-8H2,1-2H3. The summed E-state index contributed by atoms with van der Waals surface area (Å²) in [4.78, 5) is 15.8. The zero-order chi connectivity index (χ0) is 10.1. The van der Waals surface area contributed by atoms with Crippen LogP contribution in [0.25, 0.3) is 0 Å². The first-order chi connectivity index (χ1) is 6.72. The average molecular weight is 196 g/mol. The summed E-state index contributed by atoms with van der Waals surface area (Å²) in [6, 6.07) is 0.651. The van der Waals surface area contributed by atoms with Crippen molar-refractivity contribution in [3.8, 4) is 0 Å². The molecule has 3 heteroatoms. The van der Waals surface area contributed by atoms with Gasteiger partial charge < -0.3 is 4.90 Å². The van der Waals surface area contributed by atoms with Crippen LogP contribution in [0.5, 0.6) is 0 Å². The lowest BCUT2D eigenvalue weighted by atomic mass is 9.92. The highest BCUT2D eigenvalue weighted by atomic mass is 16.2. The molecule has 2 saturated heterocycles.